The van der Waals surface area contributed by atoms with Gasteiger partial charge in [0, 0.05) is 25.7 Å². The molecule has 0 radical (unpaired) electrons. The van der Waals surface area contributed by atoms with Gasteiger partial charge in [0.2, 0.25) is 0 Å². The van der Waals surface area contributed by atoms with Gasteiger partial charge in [-0.1, -0.05) is 6.07 Å². The van der Waals surface area contributed by atoms with E-state index in [1.54, 1.807) is 12.3 Å². The number of nitrogens with zero attached hydrogens (tertiary/aromatic N) is 2. The van der Waals surface area contributed by atoms with Crippen molar-refractivity contribution in [2.45, 2.75) is 37.6 Å². The molecule has 25 heavy (non-hydrogen) atoms. The number of hydrogen-bond donors (Lipinski definition) is 0. The van der Waals surface area contributed by atoms with Gasteiger partial charge < -0.3 is 18.8 Å². The Kier molecular flexibility index (Phi) is 4.55. The number of hydrogen-bond acceptors (Lipinski definition) is 5. The van der Waals surface area contributed by atoms with Crippen molar-refractivity contribution in [2.75, 3.05) is 19.7 Å². The highest BCUT2D eigenvalue weighted by atomic mass is 16.6. The third-order valence-electron chi connectivity index (χ3n) is 5.10. The van der Waals surface area contributed by atoms with Crippen LogP contribution in [0.5, 0.6) is 0 Å². The molecule has 1 spiro atoms. The SMILES string of the molecule is O=C(c1ccoc1)N1CCC2(CC1)CC(OCc1ccccn1)CO2. The smallest absolute Gasteiger partial charge is 0.257 e. The van der Waals surface area contributed by atoms with Crippen molar-refractivity contribution in [1.82, 2.24) is 9.88 Å². The lowest BCUT2D eigenvalue weighted by Crippen LogP contribution is -2.46. The third kappa shape index (κ3) is 3.60. The topological polar surface area (TPSA) is 64.8 Å². The van der Waals surface area contributed by atoms with E-state index in [9.17, 15) is 4.79 Å². The van der Waals surface area contributed by atoms with Gasteiger partial charge in [0.15, 0.2) is 0 Å². The molecule has 2 aliphatic heterocycles. The van der Waals surface area contributed by atoms with Crippen molar-refractivity contribution < 1.29 is 18.7 Å². The first-order chi connectivity index (χ1) is 12.2. The zero-order valence-electron chi connectivity index (χ0n) is 14.1. The predicted octanol–water partition coefficient (Wildman–Crippen LogP) is 2.66. The van der Waals surface area contributed by atoms with E-state index in [0.717, 1.165) is 25.0 Å². The van der Waals surface area contributed by atoms with E-state index in [2.05, 4.69) is 4.98 Å². The number of aromatic nitrogens is 1. The normalized spacial score (nSPS) is 22.4. The fourth-order valence-corrected chi connectivity index (χ4v) is 3.63. The van der Waals surface area contributed by atoms with Crippen LogP contribution in [0.4, 0.5) is 0 Å². The van der Waals surface area contributed by atoms with E-state index in [4.69, 9.17) is 13.9 Å². The zero-order valence-corrected chi connectivity index (χ0v) is 14.1. The van der Waals surface area contributed by atoms with E-state index in [1.165, 1.54) is 12.5 Å². The second-order valence-corrected chi connectivity index (χ2v) is 6.76. The molecule has 1 amide bonds. The maximum absolute atomic E-state index is 12.4. The van der Waals surface area contributed by atoms with Crippen molar-refractivity contribution in [3.63, 3.8) is 0 Å². The molecule has 1 atom stereocenters. The number of amides is 1. The van der Waals surface area contributed by atoms with Crippen LogP contribution in [0, 0.1) is 0 Å². The monoisotopic (exact) mass is 342 g/mol. The molecular weight excluding hydrogens is 320 g/mol. The third-order valence-corrected chi connectivity index (χ3v) is 5.10. The summed E-state index contributed by atoms with van der Waals surface area (Å²) in [7, 11) is 0. The molecule has 2 aromatic rings. The van der Waals surface area contributed by atoms with Crippen molar-refractivity contribution in [1.29, 1.82) is 0 Å². The molecule has 0 saturated carbocycles. The first kappa shape index (κ1) is 16.3. The van der Waals surface area contributed by atoms with Crippen LogP contribution in [0.15, 0.2) is 47.4 Å². The van der Waals surface area contributed by atoms with Gasteiger partial charge in [-0.15, -0.1) is 0 Å². The van der Waals surface area contributed by atoms with Gasteiger partial charge in [-0.3, -0.25) is 9.78 Å². The summed E-state index contributed by atoms with van der Waals surface area (Å²) in [6.07, 6.45) is 7.48. The molecule has 6 nitrogen and oxygen atoms in total. The van der Waals surface area contributed by atoms with E-state index >= 15 is 0 Å². The number of carbonyl (C=O) groups is 1. The molecule has 0 N–H and O–H groups in total. The summed E-state index contributed by atoms with van der Waals surface area (Å²) in [5, 5.41) is 0. The summed E-state index contributed by atoms with van der Waals surface area (Å²) in [5.74, 6) is 0.0320. The maximum atomic E-state index is 12.4. The van der Waals surface area contributed by atoms with Gasteiger partial charge in [-0.05, 0) is 31.0 Å². The Morgan fingerprint density at radius 2 is 2.20 bits per heavy atom. The molecule has 4 heterocycles. The van der Waals surface area contributed by atoms with Crippen LogP contribution in [0.3, 0.4) is 0 Å². The predicted molar refractivity (Wildman–Crippen MR) is 90.0 cm³/mol. The Bertz CT molecular complexity index is 693. The minimum Gasteiger partial charge on any atom is -0.472 e. The van der Waals surface area contributed by atoms with Crippen molar-refractivity contribution in [2.24, 2.45) is 0 Å². The van der Waals surface area contributed by atoms with Crippen LogP contribution in [0.1, 0.15) is 35.3 Å². The van der Waals surface area contributed by atoms with Gasteiger partial charge >= 0.3 is 0 Å². The fraction of sp³-hybridized carbons (Fsp3) is 0.474. The average Bonchev–Trinajstić information content (AvgIpc) is 3.32. The summed E-state index contributed by atoms with van der Waals surface area (Å²) in [5.41, 5.74) is 1.39. The highest BCUT2D eigenvalue weighted by Gasteiger charge is 2.44. The van der Waals surface area contributed by atoms with Gasteiger partial charge in [-0.2, -0.15) is 0 Å². The molecule has 2 fully saturated rings. The van der Waals surface area contributed by atoms with E-state index in [0.29, 0.717) is 31.9 Å². The quantitative estimate of drug-likeness (QED) is 0.855. The van der Waals surface area contributed by atoms with Crippen LogP contribution in [-0.4, -0.2) is 47.2 Å². The standard InChI is InChI=1S/C19H22N2O4/c22-18(15-4-10-23-12-15)21-8-5-19(6-9-21)11-17(14-25-19)24-13-16-3-1-2-7-20-16/h1-4,7,10,12,17H,5-6,8-9,11,13-14H2. The van der Waals surface area contributed by atoms with Crippen LogP contribution < -0.4 is 0 Å². The number of rotatable bonds is 4. The zero-order chi connectivity index (χ0) is 17.1. The second kappa shape index (κ2) is 6.98. The minimum absolute atomic E-state index is 0.0320. The molecular formula is C19H22N2O4. The number of ether oxygens (including phenoxy) is 2. The van der Waals surface area contributed by atoms with Crippen LogP contribution in [0.25, 0.3) is 0 Å². The van der Waals surface area contributed by atoms with Crippen LogP contribution in [0.2, 0.25) is 0 Å². The van der Waals surface area contributed by atoms with Crippen molar-refractivity contribution in [3.8, 4) is 0 Å². The minimum atomic E-state index is -0.151. The van der Waals surface area contributed by atoms with Gasteiger partial charge in [0.25, 0.3) is 5.91 Å². The number of furan rings is 1. The van der Waals surface area contributed by atoms with Crippen molar-refractivity contribution >= 4 is 5.91 Å². The highest BCUT2D eigenvalue weighted by molar-refractivity contribution is 5.93. The lowest BCUT2D eigenvalue weighted by molar-refractivity contribution is -0.0413. The molecule has 2 aliphatic rings. The largest absolute Gasteiger partial charge is 0.472 e. The highest BCUT2D eigenvalue weighted by Crippen LogP contribution is 2.37. The molecule has 1 unspecified atom stereocenters. The van der Waals surface area contributed by atoms with E-state index < -0.39 is 0 Å². The number of likely N-dealkylation sites (tertiary alicyclic amines) is 1. The maximum Gasteiger partial charge on any atom is 0.257 e. The summed E-state index contributed by atoms with van der Waals surface area (Å²) in [6, 6.07) is 7.53. The first-order valence-electron chi connectivity index (χ1n) is 8.71. The summed E-state index contributed by atoms with van der Waals surface area (Å²) >= 11 is 0. The van der Waals surface area contributed by atoms with Crippen LogP contribution >= 0.6 is 0 Å². The molecule has 0 aromatic carbocycles. The summed E-state index contributed by atoms with van der Waals surface area (Å²) in [6.45, 7) is 2.53. The number of piperidine rings is 1. The summed E-state index contributed by atoms with van der Waals surface area (Å²) < 4.78 is 17.1. The molecule has 2 aromatic heterocycles. The Hall–Kier alpha value is -2.18. The Labute approximate surface area is 146 Å². The number of pyridine rings is 1. The van der Waals surface area contributed by atoms with Crippen LogP contribution in [-0.2, 0) is 16.1 Å². The lowest BCUT2D eigenvalue weighted by atomic mass is 9.88. The van der Waals surface area contributed by atoms with E-state index in [-0.39, 0.29) is 17.6 Å². The molecule has 0 aliphatic carbocycles. The molecule has 132 valence electrons. The fourth-order valence-electron chi connectivity index (χ4n) is 3.63. The average molecular weight is 342 g/mol. The van der Waals surface area contributed by atoms with Crippen molar-refractivity contribution in [3.05, 3.63) is 54.2 Å². The van der Waals surface area contributed by atoms with Gasteiger partial charge in [0.05, 0.1) is 42.4 Å². The first-order valence-corrected chi connectivity index (χ1v) is 8.71. The Morgan fingerprint density at radius 1 is 1.32 bits per heavy atom. The van der Waals surface area contributed by atoms with Gasteiger partial charge in [-0.25, -0.2) is 0 Å². The van der Waals surface area contributed by atoms with E-state index in [1.807, 2.05) is 23.1 Å². The second-order valence-electron chi connectivity index (χ2n) is 6.76. The Balaban J connectivity index is 1.28. The molecule has 6 heteroatoms. The Morgan fingerprint density at radius 3 is 2.92 bits per heavy atom. The lowest BCUT2D eigenvalue weighted by Gasteiger charge is -2.38. The number of carbonyl (C=O) groups excluding carboxylic acids is 1. The molecule has 0 bridgehead atoms. The summed E-state index contributed by atoms with van der Waals surface area (Å²) in [4.78, 5) is 18.5. The van der Waals surface area contributed by atoms with Gasteiger partial charge in [0.1, 0.15) is 6.26 Å². The molecule has 2 saturated heterocycles. The molecule has 4 rings (SSSR count).